The molecular formula is C23H33N4O2+. The summed E-state index contributed by atoms with van der Waals surface area (Å²) in [6.07, 6.45) is 0.840. The average molecular weight is 398 g/mol. The molecule has 156 valence electrons. The van der Waals surface area contributed by atoms with Gasteiger partial charge in [0.2, 0.25) is 5.91 Å². The Morgan fingerprint density at radius 1 is 0.966 bits per heavy atom. The number of quaternary nitrogens is 1. The molecule has 0 aliphatic rings. The van der Waals surface area contributed by atoms with Gasteiger partial charge in [0.1, 0.15) is 6.54 Å². The van der Waals surface area contributed by atoms with Crippen LogP contribution in [0.1, 0.15) is 25.0 Å². The topological polar surface area (TPSA) is 65.9 Å². The third-order valence-electron chi connectivity index (χ3n) is 4.94. The molecule has 2 rings (SSSR count). The molecule has 0 bridgehead atoms. The van der Waals surface area contributed by atoms with Gasteiger partial charge in [0.25, 0.3) is 5.91 Å². The SMILES string of the molecule is CCc1ccccc1NC(=O)CNC(=O)C[NH+](CC)Cc1ccc(N(C)C)cc1. The van der Waals surface area contributed by atoms with Crippen LogP contribution in [-0.4, -0.2) is 45.5 Å². The van der Waals surface area contributed by atoms with Crippen molar-refractivity contribution in [2.24, 2.45) is 0 Å². The van der Waals surface area contributed by atoms with Crippen LogP contribution in [0, 0.1) is 0 Å². The molecule has 0 saturated heterocycles. The molecular weight excluding hydrogens is 364 g/mol. The van der Waals surface area contributed by atoms with Crippen LogP contribution in [0.3, 0.4) is 0 Å². The monoisotopic (exact) mass is 397 g/mol. The minimum Gasteiger partial charge on any atom is -0.378 e. The van der Waals surface area contributed by atoms with Crippen molar-refractivity contribution in [2.75, 3.05) is 43.9 Å². The molecule has 0 aliphatic carbocycles. The van der Waals surface area contributed by atoms with Gasteiger partial charge in [-0.05, 0) is 37.1 Å². The summed E-state index contributed by atoms with van der Waals surface area (Å²) in [6, 6.07) is 16.1. The van der Waals surface area contributed by atoms with Crippen LogP contribution in [-0.2, 0) is 22.6 Å². The van der Waals surface area contributed by atoms with E-state index in [-0.39, 0.29) is 18.4 Å². The number of hydrogen-bond donors (Lipinski definition) is 3. The number of hydrogen-bond acceptors (Lipinski definition) is 3. The molecule has 3 N–H and O–H groups in total. The summed E-state index contributed by atoms with van der Waals surface area (Å²) < 4.78 is 0. The zero-order chi connectivity index (χ0) is 21.2. The Kier molecular flexibility index (Phi) is 8.68. The molecule has 29 heavy (non-hydrogen) atoms. The summed E-state index contributed by atoms with van der Waals surface area (Å²) in [6.45, 7) is 6.02. The fraction of sp³-hybridized carbons (Fsp3) is 0.391. The minimum atomic E-state index is -0.212. The number of aryl methyl sites for hydroxylation is 1. The normalized spacial score (nSPS) is 11.6. The first-order chi connectivity index (χ1) is 13.9. The van der Waals surface area contributed by atoms with Crippen molar-refractivity contribution in [3.8, 4) is 0 Å². The first-order valence-corrected chi connectivity index (χ1v) is 10.2. The first kappa shape index (κ1) is 22.4. The summed E-state index contributed by atoms with van der Waals surface area (Å²) in [5.74, 6) is -0.331. The van der Waals surface area contributed by atoms with Crippen LogP contribution >= 0.6 is 0 Å². The lowest BCUT2D eigenvalue weighted by Crippen LogP contribution is -3.11. The average Bonchev–Trinajstić information content (AvgIpc) is 2.72. The second-order valence-corrected chi connectivity index (χ2v) is 7.35. The largest absolute Gasteiger partial charge is 0.378 e. The molecule has 0 spiro atoms. The van der Waals surface area contributed by atoms with Crippen molar-refractivity contribution < 1.29 is 14.5 Å². The molecule has 6 heteroatoms. The molecule has 1 unspecified atom stereocenters. The second-order valence-electron chi connectivity index (χ2n) is 7.35. The number of rotatable bonds is 10. The predicted octanol–water partition coefficient (Wildman–Crippen LogP) is 1.47. The van der Waals surface area contributed by atoms with Crippen LogP contribution < -0.4 is 20.4 Å². The number of anilines is 2. The maximum Gasteiger partial charge on any atom is 0.275 e. The molecule has 0 aliphatic heterocycles. The van der Waals surface area contributed by atoms with E-state index >= 15 is 0 Å². The zero-order valence-electron chi connectivity index (χ0n) is 17.9. The lowest BCUT2D eigenvalue weighted by Gasteiger charge is -2.18. The van der Waals surface area contributed by atoms with Crippen molar-refractivity contribution in [1.82, 2.24) is 5.32 Å². The van der Waals surface area contributed by atoms with Gasteiger partial charge < -0.3 is 20.4 Å². The molecule has 1 atom stereocenters. The van der Waals surface area contributed by atoms with Gasteiger partial charge in [-0.3, -0.25) is 9.59 Å². The van der Waals surface area contributed by atoms with Crippen LogP contribution in [0.25, 0.3) is 0 Å². The van der Waals surface area contributed by atoms with E-state index in [9.17, 15) is 9.59 Å². The lowest BCUT2D eigenvalue weighted by molar-refractivity contribution is -0.904. The number of nitrogens with zero attached hydrogens (tertiary/aromatic N) is 1. The molecule has 2 aromatic rings. The lowest BCUT2D eigenvalue weighted by atomic mass is 10.1. The van der Waals surface area contributed by atoms with Crippen molar-refractivity contribution >= 4 is 23.2 Å². The standard InChI is InChI=1S/C23H32N4O2/c1-5-19-9-7-8-10-21(19)25-22(28)15-24-23(29)17-27(6-2)16-18-11-13-20(14-12-18)26(3)4/h7-14H,5-6,15-17H2,1-4H3,(H,24,29)(H,25,28)/p+1. The third-order valence-corrected chi connectivity index (χ3v) is 4.94. The van der Waals surface area contributed by atoms with E-state index < -0.39 is 0 Å². The van der Waals surface area contributed by atoms with Crippen LogP contribution in [0.4, 0.5) is 11.4 Å². The van der Waals surface area contributed by atoms with Gasteiger partial charge in [-0.15, -0.1) is 0 Å². The van der Waals surface area contributed by atoms with Gasteiger partial charge in [0, 0.05) is 31.0 Å². The van der Waals surface area contributed by atoms with Crippen LogP contribution in [0.2, 0.25) is 0 Å². The molecule has 2 amide bonds. The first-order valence-electron chi connectivity index (χ1n) is 10.2. The van der Waals surface area contributed by atoms with Crippen LogP contribution in [0.5, 0.6) is 0 Å². The highest BCUT2D eigenvalue weighted by Crippen LogP contribution is 2.15. The Hall–Kier alpha value is -2.86. The highest BCUT2D eigenvalue weighted by Gasteiger charge is 2.14. The van der Waals surface area contributed by atoms with E-state index in [1.807, 2.05) is 45.3 Å². The molecule has 0 fully saturated rings. The fourth-order valence-corrected chi connectivity index (χ4v) is 3.13. The van der Waals surface area contributed by atoms with Gasteiger partial charge in [-0.25, -0.2) is 0 Å². The Morgan fingerprint density at radius 2 is 1.66 bits per heavy atom. The van der Waals surface area contributed by atoms with E-state index in [1.165, 1.54) is 5.56 Å². The molecule has 0 radical (unpaired) electrons. The summed E-state index contributed by atoms with van der Waals surface area (Å²) in [7, 11) is 4.03. The second kappa shape index (κ2) is 11.2. The van der Waals surface area contributed by atoms with Crippen molar-refractivity contribution in [1.29, 1.82) is 0 Å². The number of carbonyl (C=O) groups is 2. The fourth-order valence-electron chi connectivity index (χ4n) is 3.13. The number of likely N-dealkylation sites (N-methyl/N-ethyl adjacent to an activating group) is 1. The van der Waals surface area contributed by atoms with Gasteiger partial charge in [-0.1, -0.05) is 37.3 Å². The van der Waals surface area contributed by atoms with Crippen LogP contribution in [0.15, 0.2) is 48.5 Å². The number of amides is 2. The molecule has 2 aromatic carbocycles. The molecule has 0 heterocycles. The number of para-hydroxylation sites is 1. The number of carbonyl (C=O) groups excluding carboxylic acids is 2. The Bertz CT molecular complexity index is 803. The summed E-state index contributed by atoms with van der Waals surface area (Å²) in [4.78, 5) is 27.7. The maximum atomic E-state index is 12.3. The quantitative estimate of drug-likeness (QED) is 0.569. The highest BCUT2D eigenvalue weighted by atomic mass is 16.2. The predicted molar refractivity (Wildman–Crippen MR) is 118 cm³/mol. The van der Waals surface area contributed by atoms with Gasteiger partial charge in [-0.2, -0.15) is 0 Å². The van der Waals surface area contributed by atoms with Crippen molar-refractivity contribution in [2.45, 2.75) is 26.8 Å². The number of benzene rings is 2. The Balaban J connectivity index is 1.81. The molecule has 0 saturated carbocycles. The highest BCUT2D eigenvalue weighted by molar-refractivity contribution is 5.95. The van der Waals surface area contributed by atoms with Gasteiger partial charge in [0.15, 0.2) is 6.54 Å². The van der Waals surface area contributed by atoms with Crippen molar-refractivity contribution in [3.63, 3.8) is 0 Å². The van der Waals surface area contributed by atoms with Crippen molar-refractivity contribution in [3.05, 3.63) is 59.7 Å². The molecule has 0 aromatic heterocycles. The van der Waals surface area contributed by atoms with E-state index in [1.54, 1.807) is 0 Å². The van der Waals surface area contributed by atoms with E-state index in [2.05, 4.69) is 46.7 Å². The van der Waals surface area contributed by atoms with Gasteiger partial charge in [0.05, 0.1) is 13.1 Å². The van der Waals surface area contributed by atoms with Gasteiger partial charge >= 0.3 is 0 Å². The van der Waals surface area contributed by atoms with E-state index in [0.717, 1.165) is 41.3 Å². The number of nitrogens with one attached hydrogen (secondary N) is 3. The minimum absolute atomic E-state index is 0.0224. The summed E-state index contributed by atoms with van der Waals surface area (Å²) >= 11 is 0. The smallest absolute Gasteiger partial charge is 0.275 e. The molecule has 6 nitrogen and oxygen atoms in total. The summed E-state index contributed by atoms with van der Waals surface area (Å²) in [5, 5.41) is 5.61. The third kappa shape index (κ3) is 7.23. The Morgan fingerprint density at radius 3 is 2.28 bits per heavy atom. The zero-order valence-corrected chi connectivity index (χ0v) is 17.9. The van der Waals surface area contributed by atoms with E-state index in [0.29, 0.717) is 6.54 Å². The maximum absolute atomic E-state index is 12.3. The summed E-state index contributed by atoms with van der Waals surface area (Å²) in [5.41, 5.74) is 4.22. The Labute approximate surface area is 173 Å². The van der Waals surface area contributed by atoms with E-state index in [4.69, 9.17) is 0 Å².